The van der Waals surface area contributed by atoms with E-state index in [9.17, 15) is 19.5 Å². The van der Waals surface area contributed by atoms with Crippen LogP contribution in [0.1, 0.15) is 46.0 Å². The van der Waals surface area contributed by atoms with E-state index in [1.807, 2.05) is 0 Å². The summed E-state index contributed by atoms with van der Waals surface area (Å²) < 4.78 is 1.35. The molecule has 2 N–H and O–H groups in total. The molecule has 1 aromatic carbocycles. The van der Waals surface area contributed by atoms with Crippen LogP contribution in [-0.4, -0.2) is 28.4 Å². The standard InChI is InChI=1S/C20H22N2O4/c1-12-6-14(12)9-18(24)15-8-17(19(25)21-2)20(26)22(11-15)10-13-4-3-5-16(23)7-13/h3-5,7-8,11-12,14,23H,6,9-10H2,1-2H3,(H,21,25)/t12-,14+/m0/s1. The van der Waals surface area contributed by atoms with E-state index in [4.69, 9.17) is 0 Å². The summed E-state index contributed by atoms with van der Waals surface area (Å²) in [5.74, 6) is 0.452. The number of aromatic nitrogens is 1. The maximum absolute atomic E-state index is 12.6. The highest BCUT2D eigenvalue weighted by molar-refractivity contribution is 6.00. The molecule has 0 saturated heterocycles. The lowest BCUT2D eigenvalue weighted by Gasteiger charge is -2.11. The van der Waals surface area contributed by atoms with E-state index in [-0.39, 0.29) is 23.6 Å². The molecular weight excluding hydrogens is 332 g/mol. The molecule has 0 bridgehead atoms. The lowest BCUT2D eigenvalue weighted by Crippen LogP contribution is -2.32. The van der Waals surface area contributed by atoms with Gasteiger partial charge in [-0.2, -0.15) is 0 Å². The first-order valence-corrected chi connectivity index (χ1v) is 8.66. The van der Waals surface area contributed by atoms with Gasteiger partial charge < -0.3 is 15.0 Å². The Bertz CT molecular complexity index is 916. The molecule has 1 saturated carbocycles. The number of benzene rings is 1. The van der Waals surface area contributed by atoms with Gasteiger partial charge in [-0.25, -0.2) is 0 Å². The SMILES string of the molecule is CNC(=O)c1cc(C(=O)C[C@H]2C[C@@H]2C)cn(Cc2cccc(O)c2)c1=O. The smallest absolute Gasteiger partial charge is 0.263 e. The molecule has 0 radical (unpaired) electrons. The monoisotopic (exact) mass is 354 g/mol. The fraction of sp³-hybridized carbons (Fsp3) is 0.350. The summed E-state index contributed by atoms with van der Waals surface area (Å²) in [6.07, 6.45) is 2.98. The third kappa shape index (κ3) is 3.85. The van der Waals surface area contributed by atoms with E-state index >= 15 is 0 Å². The molecule has 1 aromatic heterocycles. The van der Waals surface area contributed by atoms with Crippen LogP contribution in [-0.2, 0) is 6.54 Å². The van der Waals surface area contributed by atoms with Crippen molar-refractivity contribution in [2.45, 2.75) is 26.3 Å². The molecule has 2 atom stereocenters. The van der Waals surface area contributed by atoms with Crippen LogP contribution in [0.5, 0.6) is 5.75 Å². The molecule has 0 aliphatic heterocycles. The predicted molar refractivity (Wildman–Crippen MR) is 97.5 cm³/mol. The molecule has 1 fully saturated rings. The Kier molecular flexibility index (Phi) is 4.93. The Morgan fingerprint density at radius 3 is 2.65 bits per heavy atom. The number of Topliss-reactive ketones (excluding diaryl/α,β-unsaturated/α-hetero) is 1. The Hall–Kier alpha value is -2.89. The normalized spacial score (nSPS) is 18.4. The number of pyridine rings is 1. The van der Waals surface area contributed by atoms with Crippen molar-refractivity contribution < 1.29 is 14.7 Å². The van der Waals surface area contributed by atoms with Gasteiger partial charge in [0.25, 0.3) is 11.5 Å². The van der Waals surface area contributed by atoms with Crippen LogP contribution in [0.4, 0.5) is 0 Å². The maximum Gasteiger partial charge on any atom is 0.263 e. The minimum atomic E-state index is -0.519. The predicted octanol–water partition coefficient (Wildman–Crippen LogP) is 2.19. The number of nitrogens with one attached hydrogen (secondary N) is 1. The average Bonchev–Trinajstić information content (AvgIpc) is 3.30. The molecule has 1 amide bonds. The molecular formula is C20H22N2O4. The van der Waals surface area contributed by atoms with Crippen molar-refractivity contribution in [3.8, 4) is 5.75 Å². The zero-order valence-corrected chi connectivity index (χ0v) is 14.9. The average molecular weight is 354 g/mol. The molecule has 136 valence electrons. The molecule has 6 heteroatoms. The maximum atomic E-state index is 12.6. The first-order valence-electron chi connectivity index (χ1n) is 8.66. The fourth-order valence-electron chi connectivity index (χ4n) is 3.09. The Balaban J connectivity index is 1.98. The summed E-state index contributed by atoms with van der Waals surface area (Å²) in [7, 11) is 1.45. The number of nitrogens with zero attached hydrogens (tertiary/aromatic N) is 1. The van der Waals surface area contributed by atoms with Crippen molar-refractivity contribution in [1.82, 2.24) is 9.88 Å². The summed E-state index contributed by atoms with van der Waals surface area (Å²) >= 11 is 0. The zero-order valence-electron chi connectivity index (χ0n) is 14.9. The second-order valence-electron chi connectivity index (χ2n) is 6.92. The molecule has 0 spiro atoms. The summed E-state index contributed by atoms with van der Waals surface area (Å²) in [6, 6.07) is 7.92. The summed E-state index contributed by atoms with van der Waals surface area (Å²) in [4.78, 5) is 37.3. The van der Waals surface area contributed by atoms with Gasteiger partial charge in [0.2, 0.25) is 0 Å². The number of hydrogen-bond acceptors (Lipinski definition) is 4. The van der Waals surface area contributed by atoms with E-state index in [1.165, 1.54) is 23.9 Å². The van der Waals surface area contributed by atoms with Gasteiger partial charge in [0.15, 0.2) is 5.78 Å². The third-order valence-corrected chi connectivity index (χ3v) is 4.87. The van der Waals surface area contributed by atoms with Crippen molar-refractivity contribution in [1.29, 1.82) is 0 Å². The fourth-order valence-corrected chi connectivity index (χ4v) is 3.09. The summed E-state index contributed by atoms with van der Waals surface area (Å²) in [5.41, 5.74) is 0.546. The van der Waals surface area contributed by atoms with Gasteiger partial charge in [0.1, 0.15) is 11.3 Å². The molecule has 2 aromatic rings. The van der Waals surface area contributed by atoms with Crippen LogP contribution >= 0.6 is 0 Å². The van der Waals surface area contributed by atoms with E-state index in [0.29, 0.717) is 29.4 Å². The van der Waals surface area contributed by atoms with Gasteiger partial charge >= 0.3 is 0 Å². The van der Waals surface area contributed by atoms with Crippen LogP contribution in [0.2, 0.25) is 0 Å². The number of amides is 1. The molecule has 1 aliphatic rings. The molecule has 0 unspecified atom stereocenters. The molecule has 1 aliphatic carbocycles. The number of aromatic hydroxyl groups is 1. The van der Waals surface area contributed by atoms with Crippen LogP contribution in [0, 0.1) is 11.8 Å². The number of rotatable bonds is 6. The highest BCUT2D eigenvalue weighted by atomic mass is 16.3. The number of hydrogen-bond donors (Lipinski definition) is 2. The molecule has 6 nitrogen and oxygen atoms in total. The lowest BCUT2D eigenvalue weighted by molar-refractivity contribution is 0.0961. The van der Waals surface area contributed by atoms with Crippen LogP contribution in [0.3, 0.4) is 0 Å². The van der Waals surface area contributed by atoms with Crippen molar-refractivity contribution in [2.24, 2.45) is 11.8 Å². The number of phenols is 1. The van der Waals surface area contributed by atoms with Crippen LogP contribution in [0.15, 0.2) is 41.3 Å². The second-order valence-corrected chi connectivity index (χ2v) is 6.92. The third-order valence-electron chi connectivity index (χ3n) is 4.87. The second kappa shape index (κ2) is 7.15. The zero-order chi connectivity index (χ0) is 18.8. The van der Waals surface area contributed by atoms with Crippen LogP contribution in [0.25, 0.3) is 0 Å². The van der Waals surface area contributed by atoms with Gasteiger partial charge in [0, 0.05) is 25.2 Å². The largest absolute Gasteiger partial charge is 0.508 e. The molecule has 3 rings (SSSR count). The summed E-state index contributed by atoms with van der Waals surface area (Å²) in [6.45, 7) is 2.27. The molecule has 26 heavy (non-hydrogen) atoms. The minimum absolute atomic E-state index is 0.0534. The summed E-state index contributed by atoms with van der Waals surface area (Å²) in [5, 5.41) is 12.1. The van der Waals surface area contributed by atoms with E-state index in [1.54, 1.807) is 24.3 Å². The first-order chi connectivity index (χ1) is 12.4. The minimum Gasteiger partial charge on any atom is -0.508 e. The van der Waals surface area contributed by atoms with Crippen molar-refractivity contribution >= 4 is 11.7 Å². The Morgan fingerprint density at radius 2 is 2.04 bits per heavy atom. The van der Waals surface area contributed by atoms with Gasteiger partial charge in [-0.3, -0.25) is 14.4 Å². The van der Waals surface area contributed by atoms with E-state index < -0.39 is 11.5 Å². The van der Waals surface area contributed by atoms with Crippen LogP contribution < -0.4 is 10.9 Å². The Morgan fingerprint density at radius 1 is 1.31 bits per heavy atom. The number of carbonyl (C=O) groups excluding carboxylic acids is 2. The van der Waals surface area contributed by atoms with Gasteiger partial charge in [-0.05, 0) is 42.0 Å². The first kappa shape index (κ1) is 17.9. The topological polar surface area (TPSA) is 88.4 Å². The van der Waals surface area contributed by atoms with Crippen molar-refractivity contribution in [2.75, 3.05) is 7.05 Å². The van der Waals surface area contributed by atoms with Gasteiger partial charge in [-0.1, -0.05) is 19.1 Å². The van der Waals surface area contributed by atoms with Gasteiger partial charge in [0.05, 0.1) is 6.54 Å². The van der Waals surface area contributed by atoms with Crippen molar-refractivity contribution in [3.05, 3.63) is 63.6 Å². The lowest BCUT2D eigenvalue weighted by atomic mass is 10.0. The number of phenolic OH excluding ortho intramolecular Hbond substituents is 1. The molecule has 1 heterocycles. The highest BCUT2D eigenvalue weighted by Gasteiger charge is 2.34. The Labute approximate surface area is 151 Å². The number of ketones is 1. The quantitative estimate of drug-likeness (QED) is 0.779. The number of carbonyl (C=O) groups is 2. The van der Waals surface area contributed by atoms with E-state index in [0.717, 1.165) is 6.42 Å². The van der Waals surface area contributed by atoms with E-state index in [2.05, 4.69) is 12.2 Å². The highest BCUT2D eigenvalue weighted by Crippen LogP contribution is 2.41. The van der Waals surface area contributed by atoms with Crippen molar-refractivity contribution in [3.63, 3.8) is 0 Å². The van der Waals surface area contributed by atoms with Gasteiger partial charge in [-0.15, -0.1) is 0 Å².